The van der Waals surface area contributed by atoms with Gasteiger partial charge in [0.2, 0.25) is 0 Å². The van der Waals surface area contributed by atoms with Crippen LogP contribution in [0.3, 0.4) is 0 Å². The van der Waals surface area contributed by atoms with Crippen LogP contribution in [0.15, 0.2) is 102 Å². The highest BCUT2D eigenvalue weighted by Gasteiger charge is 1.99. The second-order valence-electron chi connectivity index (χ2n) is 6.28. The highest BCUT2D eigenvalue weighted by atomic mass is 16.5. The molecule has 0 spiro atoms. The molecule has 3 nitrogen and oxygen atoms in total. The van der Waals surface area contributed by atoms with Gasteiger partial charge in [0, 0.05) is 0 Å². The number of nitrogens with zero attached hydrogens (tertiary/aromatic N) is 1. The van der Waals surface area contributed by atoms with Crippen molar-refractivity contribution in [2.45, 2.75) is 6.61 Å². The van der Waals surface area contributed by atoms with E-state index in [1.807, 2.05) is 54.6 Å². The molecule has 1 N–H and O–H groups in total. The zero-order valence-corrected chi connectivity index (χ0v) is 14.9. The number of hydrogen-bond donors (Lipinski definition) is 1. The summed E-state index contributed by atoms with van der Waals surface area (Å²) in [7, 11) is 0. The topological polar surface area (TPSA) is 33.6 Å². The van der Waals surface area contributed by atoms with Gasteiger partial charge >= 0.3 is 0 Å². The second kappa shape index (κ2) is 8.19. The standard InChI is InChI=1S/C24H20N2O/c1-2-8-23(9-3-1)26-25-17-19-11-14-24(15-12-19)27-18-20-10-13-21-6-4-5-7-22(21)16-20/h1-17,26H,18H2. The molecule has 0 aliphatic carbocycles. The lowest BCUT2D eigenvalue weighted by atomic mass is 10.1. The van der Waals surface area contributed by atoms with Gasteiger partial charge in [0.05, 0.1) is 11.9 Å². The highest BCUT2D eigenvalue weighted by molar-refractivity contribution is 5.83. The molecule has 0 saturated heterocycles. The molecule has 0 fully saturated rings. The molecule has 0 unspecified atom stereocenters. The molecule has 4 rings (SSSR count). The molecule has 0 bridgehead atoms. The van der Waals surface area contributed by atoms with E-state index in [0.29, 0.717) is 6.61 Å². The van der Waals surface area contributed by atoms with Crippen molar-refractivity contribution in [2.75, 3.05) is 5.43 Å². The molecule has 0 aliphatic rings. The van der Waals surface area contributed by atoms with Crippen LogP contribution < -0.4 is 10.2 Å². The highest BCUT2D eigenvalue weighted by Crippen LogP contribution is 2.18. The summed E-state index contributed by atoms with van der Waals surface area (Å²) in [6.45, 7) is 0.549. The smallest absolute Gasteiger partial charge is 0.119 e. The second-order valence-corrected chi connectivity index (χ2v) is 6.28. The maximum atomic E-state index is 5.91. The lowest BCUT2D eigenvalue weighted by Crippen LogP contribution is -1.96. The van der Waals surface area contributed by atoms with Gasteiger partial charge in [-0.1, -0.05) is 54.6 Å². The molecule has 0 aromatic heterocycles. The van der Waals surface area contributed by atoms with E-state index in [-0.39, 0.29) is 0 Å². The summed E-state index contributed by atoms with van der Waals surface area (Å²) in [5, 5.41) is 6.73. The molecule has 3 heteroatoms. The number of anilines is 1. The van der Waals surface area contributed by atoms with E-state index in [1.54, 1.807) is 6.21 Å². The van der Waals surface area contributed by atoms with Gasteiger partial charge in [-0.05, 0) is 64.4 Å². The summed E-state index contributed by atoms with van der Waals surface area (Å²) in [6.07, 6.45) is 1.79. The third kappa shape index (κ3) is 4.53. The van der Waals surface area contributed by atoms with Crippen molar-refractivity contribution in [3.63, 3.8) is 0 Å². The van der Waals surface area contributed by atoms with Crippen LogP contribution in [-0.2, 0) is 6.61 Å². The number of benzene rings is 4. The van der Waals surface area contributed by atoms with Crippen molar-refractivity contribution >= 4 is 22.7 Å². The molecular weight excluding hydrogens is 332 g/mol. The van der Waals surface area contributed by atoms with Gasteiger partial charge < -0.3 is 4.74 Å². The Labute approximate surface area is 158 Å². The number of ether oxygens (including phenoxy) is 1. The Morgan fingerprint density at radius 3 is 2.30 bits per heavy atom. The van der Waals surface area contributed by atoms with Crippen molar-refractivity contribution in [1.82, 2.24) is 0 Å². The summed E-state index contributed by atoms with van der Waals surface area (Å²) in [5.74, 6) is 0.844. The first-order chi connectivity index (χ1) is 13.4. The monoisotopic (exact) mass is 352 g/mol. The first kappa shape index (κ1) is 16.9. The molecule has 132 valence electrons. The molecule has 0 radical (unpaired) electrons. The Hall–Kier alpha value is -3.59. The van der Waals surface area contributed by atoms with Gasteiger partial charge in [-0.3, -0.25) is 5.43 Å². The normalized spacial score (nSPS) is 11.0. The average Bonchev–Trinajstić information content (AvgIpc) is 2.74. The lowest BCUT2D eigenvalue weighted by Gasteiger charge is -2.07. The fourth-order valence-electron chi connectivity index (χ4n) is 2.84. The van der Waals surface area contributed by atoms with E-state index >= 15 is 0 Å². The van der Waals surface area contributed by atoms with Crippen LogP contribution in [-0.4, -0.2) is 6.21 Å². The third-order valence-corrected chi connectivity index (χ3v) is 4.28. The number of fused-ring (bicyclic) bond motifs is 1. The van der Waals surface area contributed by atoms with E-state index in [0.717, 1.165) is 22.6 Å². The zero-order valence-electron chi connectivity index (χ0n) is 14.9. The molecule has 27 heavy (non-hydrogen) atoms. The van der Waals surface area contributed by atoms with Gasteiger partial charge in [-0.25, -0.2) is 0 Å². The van der Waals surface area contributed by atoms with Crippen molar-refractivity contribution < 1.29 is 4.74 Å². The molecule has 4 aromatic rings. The van der Waals surface area contributed by atoms with Crippen LogP contribution in [0.4, 0.5) is 5.69 Å². The van der Waals surface area contributed by atoms with Crippen molar-refractivity contribution in [3.05, 3.63) is 108 Å². The molecule has 0 amide bonds. The third-order valence-electron chi connectivity index (χ3n) is 4.28. The summed E-state index contributed by atoms with van der Waals surface area (Å²) in [5.41, 5.74) is 6.14. The van der Waals surface area contributed by atoms with Crippen LogP contribution >= 0.6 is 0 Å². The summed E-state index contributed by atoms with van der Waals surface area (Å²) < 4.78 is 5.91. The van der Waals surface area contributed by atoms with Crippen molar-refractivity contribution in [1.29, 1.82) is 0 Å². The first-order valence-electron chi connectivity index (χ1n) is 8.91. The SMILES string of the molecule is C(=NNc1ccccc1)c1ccc(OCc2ccc3ccccc3c2)cc1. The van der Waals surface area contributed by atoms with Crippen molar-refractivity contribution in [2.24, 2.45) is 5.10 Å². The lowest BCUT2D eigenvalue weighted by molar-refractivity contribution is 0.306. The van der Waals surface area contributed by atoms with Gasteiger partial charge in [0.15, 0.2) is 0 Å². The first-order valence-corrected chi connectivity index (χ1v) is 8.91. The van der Waals surface area contributed by atoms with E-state index in [4.69, 9.17) is 4.74 Å². The fourth-order valence-corrected chi connectivity index (χ4v) is 2.84. The van der Waals surface area contributed by atoms with E-state index in [2.05, 4.69) is 53.0 Å². The molecular formula is C24H20N2O. The number of hydrazone groups is 1. The van der Waals surface area contributed by atoms with Gasteiger partial charge in [0.1, 0.15) is 12.4 Å². The van der Waals surface area contributed by atoms with Crippen LogP contribution in [0.2, 0.25) is 0 Å². The van der Waals surface area contributed by atoms with Gasteiger partial charge in [0.25, 0.3) is 0 Å². The summed E-state index contributed by atoms with van der Waals surface area (Å²) in [6, 6.07) is 32.5. The molecule has 4 aromatic carbocycles. The fraction of sp³-hybridized carbons (Fsp3) is 0.0417. The Kier molecular flexibility index (Phi) is 5.11. The number of para-hydroxylation sites is 1. The van der Waals surface area contributed by atoms with E-state index in [9.17, 15) is 0 Å². The predicted molar refractivity (Wildman–Crippen MR) is 112 cm³/mol. The Morgan fingerprint density at radius 1 is 0.741 bits per heavy atom. The van der Waals surface area contributed by atoms with Gasteiger partial charge in [-0.2, -0.15) is 5.10 Å². The minimum Gasteiger partial charge on any atom is -0.489 e. The molecule has 0 atom stereocenters. The Morgan fingerprint density at radius 2 is 1.48 bits per heavy atom. The van der Waals surface area contributed by atoms with Crippen LogP contribution in [0.5, 0.6) is 5.75 Å². The van der Waals surface area contributed by atoms with Gasteiger partial charge in [-0.15, -0.1) is 0 Å². The number of nitrogens with one attached hydrogen (secondary N) is 1. The average molecular weight is 352 g/mol. The molecule has 0 aliphatic heterocycles. The Bertz CT molecular complexity index is 1040. The number of rotatable bonds is 6. The summed E-state index contributed by atoms with van der Waals surface area (Å²) >= 11 is 0. The van der Waals surface area contributed by atoms with Crippen LogP contribution in [0, 0.1) is 0 Å². The van der Waals surface area contributed by atoms with E-state index in [1.165, 1.54) is 10.8 Å². The quantitative estimate of drug-likeness (QED) is 0.348. The number of hydrogen-bond acceptors (Lipinski definition) is 3. The molecule has 0 saturated carbocycles. The molecule has 0 heterocycles. The zero-order chi connectivity index (χ0) is 18.3. The Balaban J connectivity index is 1.34. The minimum absolute atomic E-state index is 0.549. The van der Waals surface area contributed by atoms with Crippen molar-refractivity contribution in [3.8, 4) is 5.75 Å². The predicted octanol–water partition coefficient (Wildman–Crippen LogP) is 5.86. The van der Waals surface area contributed by atoms with Crippen LogP contribution in [0.25, 0.3) is 10.8 Å². The largest absolute Gasteiger partial charge is 0.489 e. The maximum absolute atomic E-state index is 5.91. The van der Waals surface area contributed by atoms with Crippen LogP contribution in [0.1, 0.15) is 11.1 Å². The van der Waals surface area contributed by atoms with E-state index < -0.39 is 0 Å². The maximum Gasteiger partial charge on any atom is 0.119 e. The summed E-state index contributed by atoms with van der Waals surface area (Å²) in [4.78, 5) is 0. The minimum atomic E-state index is 0.549.